The average Bonchev–Trinajstić information content (AvgIpc) is 3.30. The van der Waals surface area contributed by atoms with E-state index in [1.165, 1.54) is 0 Å². The van der Waals surface area contributed by atoms with Gasteiger partial charge in [0.2, 0.25) is 0 Å². The first-order valence-corrected chi connectivity index (χ1v) is 8.56. The summed E-state index contributed by atoms with van der Waals surface area (Å²) in [5, 5.41) is 3.01. The Morgan fingerprint density at radius 2 is 2.17 bits per heavy atom. The highest BCUT2D eigenvalue weighted by molar-refractivity contribution is 5.74. The Bertz CT molecular complexity index is 773. The average molecular weight is 325 g/mol. The van der Waals surface area contributed by atoms with Crippen LogP contribution in [0.1, 0.15) is 17.8 Å². The Hall–Kier alpha value is -2.34. The van der Waals surface area contributed by atoms with Crippen LogP contribution in [0.25, 0.3) is 5.65 Å². The van der Waals surface area contributed by atoms with E-state index in [-0.39, 0.29) is 6.03 Å². The number of likely N-dealkylation sites (tertiary alicyclic amines) is 1. The molecule has 1 atom stereocenters. The van der Waals surface area contributed by atoms with Crippen molar-refractivity contribution in [1.29, 1.82) is 0 Å². The lowest BCUT2D eigenvalue weighted by molar-refractivity contribution is 0.199. The van der Waals surface area contributed by atoms with Crippen molar-refractivity contribution in [3.63, 3.8) is 0 Å². The van der Waals surface area contributed by atoms with Gasteiger partial charge >= 0.3 is 6.03 Å². The number of carbonyl (C=O) groups excluding carboxylic acids is 1. The van der Waals surface area contributed by atoms with Crippen molar-refractivity contribution < 1.29 is 4.79 Å². The van der Waals surface area contributed by atoms with E-state index in [9.17, 15) is 4.79 Å². The monoisotopic (exact) mass is 325 g/mol. The highest BCUT2D eigenvalue weighted by Crippen LogP contribution is 2.18. The van der Waals surface area contributed by atoms with Crippen molar-refractivity contribution in [3.05, 3.63) is 47.9 Å². The maximum absolute atomic E-state index is 12.4. The highest BCUT2D eigenvalue weighted by Gasteiger charge is 2.30. The number of nitrogens with one attached hydrogen (secondary N) is 1. The van der Waals surface area contributed by atoms with E-state index in [2.05, 4.69) is 40.3 Å². The van der Waals surface area contributed by atoms with E-state index in [0.717, 1.165) is 49.6 Å². The lowest BCUT2D eigenvalue weighted by Gasteiger charge is -2.23. The maximum atomic E-state index is 12.4. The first kappa shape index (κ1) is 15.2. The topological polar surface area (TPSA) is 52.9 Å². The summed E-state index contributed by atoms with van der Waals surface area (Å²) in [6, 6.07) is 6.53. The van der Waals surface area contributed by atoms with Crippen LogP contribution in [0.15, 0.2) is 36.5 Å². The van der Waals surface area contributed by atoms with Gasteiger partial charge in [-0.05, 0) is 25.5 Å². The number of rotatable bonds is 3. The number of hydrogen-bond donors (Lipinski definition) is 1. The lowest BCUT2D eigenvalue weighted by atomic mass is 10.2. The summed E-state index contributed by atoms with van der Waals surface area (Å²) < 4.78 is 2.05. The fourth-order valence-corrected chi connectivity index (χ4v) is 3.58. The first-order chi connectivity index (χ1) is 11.7. The molecule has 4 heterocycles. The van der Waals surface area contributed by atoms with Gasteiger partial charge < -0.3 is 14.6 Å². The van der Waals surface area contributed by atoms with Crippen LogP contribution in [0.3, 0.4) is 0 Å². The molecular weight excluding hydrogens is 302 g/mol. The Kier molecular flexibility index (Phi) is 3.98. The number of aryl methyl sites for hydroxylation is 1. The number of aromatic nitrogens is 2. The molecule has 0 radical (unpaired) electrons. The van der Waals surface area contributed by atoms with Crippen molar-refractivity contribution in [2.75, 3.05) is 26.2 Å². The number of imidazole rings is 1. The zero-order chi connectivity index (χ0) is 16.5. The molecule has 4 rings (SSSR count). The number of nitrogens with zero attached hydrogens (tertiary/aromatic N) is 4. The molecule has 6 nitrogen and oxygen atoms in total. The quantitative estimate of drug-likeness (QED) is 0.876. The molecule has 0 bridgehead atoms. The molecule has 0 spiro atoms. The second-order valence-corrected chi connectivity index (χ2v) is 6.60. The van der Waals surface area contributed by atoms with Crippen LogP contribution in [0.5, 0.6) is 0 Å². The zero-order valence-corrected chi connectivity index (χ0v) is 14.0. The predicted molar refractivity (Wildman–Crippen MR) is 92.9 cm³/mol. The molecule has 2 aliphatic rings. The van der Waals surface area contributed by atoms with E-state index in [1.807, 2.05) is 27.6 Å². The second-order valence-electron chi connectivity index (χ2n) is 6.60. The van der Waals surface area contributed by atoms with E-state index < -0.39 is 0 Å². The van der Waals surface area contributed by atoms with Gasteiger partial charge in [-0.25, -0.2) is 9.78 Å². The van der Waals surface area contributed by atoms with Gasteiger partial charge in [0.15, 0.2) is 0 Å². The second kappa shape index (κ2) is 6.28. The van der Waals surface area contributed by atoms with Gasteiger partial charge in [-0.15, -0.1) is 0 Å². The summed E-state index contributed by atoms with van der Waals surface area (Å²) in [6.07, 6.45) is 7.46. The van der Waals surface area contributed by atoms with Gasteiger partial charge in [0.05, 0.1) is 12.2 Å². The van der Waals surface area contributed by atoms with E-state index in [0.29, 0.717) is 12.6 Å². The van der Waals surface area contributed by atoms with Gasteiger partial charge in [0.25, 0.3) is 0 Å². The van der Waals surface area contributed by atoms with Crippen molar-refractivity contribution in [3.8, 4) is 0 Å². The largest absolute Gasteiger partial charge is 0.332 e. The van der Waals surface area contributed by atoms with Crippen LogP contribution < -0.4 is 5.32 Å². The summed E-state index contributed by atoms with van der Waals surface area (Å²) in [4.78, 5) is 21.3. The van der Waals surface area contributed by atoms with Gasteiger partial charge in [-0.3, -0.25) is 4.90 Å². The minimum Gasteiger partial charge on any atom is -0.332 e. The first-order valence-electron chi connectivity index (χ1n) is 8.56. The maximum Gasteiger partial charge on any atom is 0.317 e. The van der Waals surface area contributed by atoms with Gasteiger partial charge in [-0.1, -0.05) is 18.2 Å². The Balaban J connectivity index is 1.33. The number of amides is 2. The van der Waals surface area contributed by atoms with E-state index >= 15 is 0 Å². The normalized spacial score (nSPS) is 21.0. The van der Waals surface area contributed by atoms with Crippen LogP contribution in [0, 0.1) is 6.92 Å². The van der Waals surface area contributed by atoms with Crippen LogP contribution in [-0.4, -0.2) is 57.4 Å². The predicted octanol–water partition coefficient (Wildman–Crippen LogP) is 1.80. The minimum absolute atomic E-state index is 0.0124. The van der Waals surface area contributed by atoms with Crippen molar-refractivity contribution in [1.82, 2.24) is 24.5 Å². The molecule has 6 heteroatoms. The smallest absolute Gasteiger partial charge is 0.317 e. The third kappa shape index (κ3) is 2.89. The Labute approximate surface area is 141 Å². The number of pyridine rings is 1. The van der Waals surface area contributed by atoms with Gasteiger partial charge in [0, 0.05) is 44.1 Å². The molecular formula is C18H23N5O. The Morgan fingerprint density at radius 3 is 2.96 bits per heavy atom. The molecule has 2 aromatic heterocycles. The molecule has 1 saturated heterocycles. The molecule has 2 aromatic rings. The van der Waals surface area contributed by atoms with E-state index in [1.54, 1.807) is 0 Å². The number of urea groups is 1. The van der Waals surface area contributed by atoms with Crippen molar-refractivity contribution >= 4 is 11.7 Å². The standard InChI is InChI=1S/C18H23N5O/c1-14-5-4-6-17-20-15(12-23(14)17)11-19-18(24)22-10-7-16(13-22)21-8-2-3-9-21/h2-6,12,16H,7-11,13H2,1H3,(H,19,24)/t16-/m0/s1. The lowest BCUT2D eigenvalue weighted by Crippen LogP contribution is -2.41. The molecule has 0 saturated carbocycles. The molecule has 0 unspecified atom stereocenters. The molecule has 0 aliphatic carbocycles. The summed E-state index contributed by atoms with van der Waals surface area (Å²) in [5.41, 5.74) is 2.94. The van der Waals surface area contributed by atoms with Crippen molar-refractivity contribution in [2.24, 2.45) is 0 Å². The molecule has 0 aromatic carbocycles. The summed E-state index contributed by atoms with van der Waals surface area (Å²) in [5.74, 6) is 0. The SMILES string of the molecule is Cc1cccc2nc(CNC(=O)N3CC[C@H](N4CC=CC4)C3)cn12. The molecule has 1 fully saturated rings. The van der Waals surface area contributed by atoms with Crippen LogP contribution in [0.4, 0.5) is 4.79 Å². The molecule has 126 valence electrons. The Morgan fingerprint density at radius 1 is 1.33 bits per heavy atom. The minimum atomic E-state index is 0.0124. The fourth-order valence-electron chi connectivity index (χ4n) is 3.58. The fraction of sp³-hybridized carbons (Fsp3) is 0.444. The zero-order valence-electron chi connectivity index (χ0n) is 14.0. The van der Waals surface area contributed by atoms with Crippen LogP contribution in [-0.2, 0) is 6.54 Å². The van der Waals surface area contributed by atoms with Gasteiger partial charge in [-0.2, -0.15) is 0 Å². The molecule has 1 N–H and O–H groups in total. The summed E-state index contributed by atoms with van der Waals surface area (Å²) in [7, 11) is 0. The number of carbonyl (C=O) groups is 1. The summed E-state index contributed by atoms with van der Waals surface area (Å²) >= 11 is 0. The van der Waals surface area contributed by atoms with Crippen LogP contribution in [0.2, 0.25) is 0 Å². The van der Waals surface area contributed by atoms with E-state index in [4.69, 9.17) is 0 Å². The molecule has 2 amide bonds. The third-order valence-corrected chi connectivity index (χ3v) is 4.98. The molecule has 24 heavy (non-hydrogen) atoms. The number of hydrogen-bond acceptors (Lipinski definition) is 3. The van der Waals surface area contributed by atoms with Gasteiger partial charge in [0.1, 0.15) is 5.65 Å². The third-order valence-electron chi connectivity index (χ3n) is 4.98. The number of fused-ring (bicyclic) bond motifs is 1. The van der Waals surface area contributed by atoms with Crippen molar-refractivity contribution in [2.45, 2.75) is 25.9 Å². The summed E-state index contributed by atoms with van der Waals surface area (Å²) in [6.45, 7) is 6.19. The molecule has 2 aliphatic heterocycles. The highest BCUT2D eigenvalue weighted by atomic mass is 16.2. The van der Waals surface area contributed by atoms with Crippen LogP contribution >= 0.6 is 0 Å².